The van der Waals surface area contributed by atoms with Gasteiger partial charge in [0.25, 0.3) is 0 Å². The summed E-state index contributed by atoms with van der Waals surface area (Å²) in [6, 6.07) is 0. The molecule has 0 radical (unpaired) electrons. The van der Waals surface area contributed by atoms with Crippen LogP contribution in [0.2, 0.25) is 0 Å². The van der Waals surface area contributed by atoms with Crippen molar-refractivity contribution in [3.8, 4) is 0 Å². The summed E-state index contributed by atoms with van der Waals surface area (Å²) >= 11 is 0. The van der Waals surface area contributed by atoms with Gasteiger partial charge in [0.15, 0.2) is 0 Å². The third kappa shape index (κ3) is 57.8. The molecular formula is C78H166. The van der Waals surface area contributed by atoms with Gasteiger partial charge in [-0.05, 0) is 74.0 Å². The van der Waals surface area contributed by atoms with Crippen LogP contribution < -0.4 is 0 Å². The summed E-state index contributed by atoms with van der Waals surface area (Å²) in [4.78, 5) is 0. The van der Waals surface area contributed by atoms with E-state index in [0.29, 0.717) is 0 Å². The van der Waals surface area contributed by atoms with Crippen LogP contribution in [-0.4, -0.2) is 0 Å². The lowest BCUT2D eigenvalue weighted by Gasteiger charge is -2.51. The second-order valence-electron chi connectivity index (χ2n) is 23.5. The van der Waals surface area contributed by atoms with E-state index in [-0.39, 0.29) is 0 Å². The summed E-state index contributed by atoms with van der Waals surface area (Å²) < 4.78 is 0. The quantitative estimate of drug-likeness (QED) is 0.212. The van der Waals surface area contributed by atoms with Crippen molar-refractivity contribution in [3.63, 3.8) is 0 Å². The highest BCUT2D eigenvalue weighted by atomic mass is 14.5. The summed E-state index contributed by atoms with van der Waals surface area (Å²) in [6.07, 6.45) is 85.0. The van der Waals surface area contributed by atoms with Crippen LogP contribution in [0.25, 0.3) is 0 Å². The lowest BCUT2D eigenvalue weighted by atomic mass is 9.54. The van der Waals surface area contributed by atoms with E-state index in [0.717, 1.165) is 11.8 Å². The van der Waals surface area contributed by atoms with E-state index in [4.69, 9.17) is 0 Å². The SMILES string of the molecule is C1CC1.C1CCC1.C1CCC2C(C1)CCC1C3CCCC3CCC21.C1CCCC1.C1CCCCC1.C1CCCCCC1.C1CCCCCCC1.C1CCCCCCCCCCC1.CC.CC.CC.CC.CC.CC.CC.CC. The van der Waals surface area contributed by atoms with Crippen molar-refractivity contribution in [1.29, 1.82) is 0 Å². The van der Waals surface area contributed by atoms with E-state index >= 15 is 0 Å². The maximum Gasteiger partial charge on any atom is -0.0352 e. The molecular weight excluding hydrogens is 937 g/mol. The van der Waals surface area contributed by atoms with Crippen molar-refractivity contribution in [2.75, 3.05) is 0 Å². The average Bonchev–Trinajstić information content (AvgIpc) is 4.20. The third-order valence-electron chi connectivity index (χ3n) is 17.9. The Bertz CT molecular complexity index is 792. The molecule has 0 heterocycles. The van der Waals surface area contributed by atoms with Crippen LogP contribution in [0.4, 0.5) is 0 Å². The molecule has 0 aromatic heterocycles. The molecule has 0 aromatic rings. The van der Waals surface area contributed by atoms with Gasteiger partial charge in [0, 0.05) is 0 Å². The molecule has 11 fully saturated rings. The fraction of sp³-hybridized carbons (Fsp3) is 1.00. The maximum absolute atomic E-state index is 2.00. The van der Waals surface area contributed by atoms with E-state index < -0.39 is 0 Å². The van der Waals surface area contributed by atoms with Gasteiger partial charge in [0.1, 0.15) is 0 Å². The zero-order valence-electron chi connectivity index (χ0n) is 59.1. The van der Waals surface area contributed by atoms with E-state index in [1.54, 1.807) is 70.6 Å². The van der Waals surface area contributed by atoms with Gasteiger partial charge < -0.3 is 0 Å². The van der Waals surface area contributed by atoms with Crippen molar-refractivity contribution in [3.05, 3.63) is 0 Å². The van der Waals surface area contributed by atoms with E-state index in [1.807, 2.05) is 111 Å². The molecule has 0 heteroatoms. The van der Waals surface area contributed by atoms with Gasteiger partial charge in [0.05, 0.1) is 0 Å². The molecule has 78 heavy (non-hydrogen) atoms. The second kappa shape index (κ2) is 81.2. The lowest BCUT2D eigenvalue weighted by Crippen LogP contribution is -2.43. The molecule has 0 N–H and O–H groups in total. The fourth-order valence-corrected chi connectivity index (χ4v) is 13.4. The van der Waals surface area contributed by atoms with E-state index in [2.05, 4.69) is 0 Å². The molecule has 6 atom stereocenters. The van der Waals surface area contributed by atoms with Crippen molar-refractivity contribution in [1.82, 2.24) is 0 Å². The van der Waals surface area contributed by atoms with Gasteiger partial charge in [-0.25, -0.2) is 0 Å². The molecule has 11 aliphatic rings. The summed E-state index contributed by atoms with van der Waals surface area (Å²) in [5.41, 5.74) is 0. The first kappa shape index (κ1) is 86.8. The topological polar surface area (TPSA) is 0 Å². The molecule has 0 amide bonds. The average molecular weight is 1100 g/mol. The Morgan fingerprint density at radius 3 is 0.397 bits per heavy atom. The van der Waals surface area contributed by atoms with Gasteiger partial charge >= 0.3 is 0 Å². The molecule has 0 aliphatic heterocycles. The van der Waals surface area contributed by atoms with Gasteiger partial charge in [-0.1, -0.05) is 432 Å². The Balaban J connectivity index is -0.000000261. The Hall–Kier alpha value is 0. The molecule has 11 aliphatic carbocycles. The highest BCUT2D eigenvalue weighted by molar-refractivity contribution is 4.98. The molecule has 6 unspecified atom stereocenters. The summed E-state index contributed by atoms with van der Waals surface area (Å²) in [7, 11) is 0. The van der Waals surface area contributed by atoms with Crippen LogP contribution >= 0.6 is 0 Å². The fourth-order valence-electron chi connectivity index (χ4n) is 13.4. The Kier molecular flexibility index (Phi) is 90.4. The van der Waals surface area contributed by atoms with Crippen LogP contribution in [0.15, 0.2) is 0 Å². The number of hydrogen-bond acceptors (Lipinski definition) is 0. The predicted octanol–water partition coefficient (Wildman–Crippen LogP) is 30.8. The molecule has 11 rings (SSSR count). The first-order chi connectivity index (χ1) is 38.9. The normalized spacial score (nSPS) is 26.2. The molecule has 0 saturated heterocycles. The van der Waals surface area contributed by atoms with Crippen molar-refractivity contribution in [2.24, 2.45) is 35.5 Å². The Morgan fingerprint density at radius 2 is 0.231 bits per heavy atom. The standard InChI is InChI=1S/C17H28.C12H24.C8H16.C7H14.C6H12.C5H10.C4H8.C3H6.8C2H6/c1-2-6-14-12(4-1)8-10-17-15-7-3-5-13(15)9-11-16(14)17;1-2-4-6-8-10-12-11-9-7-5-3-1;1-2-4-6-8-7-5-3-1;1-2-4-6-7-5-3-1;1-2-4-6-5-3-1;1-2-4-5-3-1;1-2-4-3-1;1-2-3-1;8*1-2/h12-17H,1-11H2;1-12H2;1-8H2;1-7H2;1-6H2;1-5H2;1-4H2;1-3H2;8*1-2H3. The number of fused-ring (bicyclic) bond motifs is 5. The number of rotatable bonds is 0. The molecule has 0 aromatic carbocycles. The second-order valence-corrected chi connectivity index (χ2v) is 23.5. The first-order valence-corrected chi connectivity index (χ1v) is 38.9. The minimum atomic E-state index is 1.16. The van der Waals surface area contributed by atoms with Crippen molar-refractivity contribution >= 4 is 0 Å². The third-order valence-corrected chi connectivity index (χ3v) is 17.9. The van der Waals surface area contributed by atoms with Crippen LogP contribution in [0.5, 0.6) is 0 Å². The van der Waals surface area contributed by atoms with E-state index in [1.165, 1.54) is 313 Å². The zero-order valence-corrected chi connectivity index (χ0v) is 59.1. The summed E-state index contributed by atoms with van der Waals surface area (Å²) in [6.45, 7) is 32.0. The Morgan fingerprint density at radius 1 is 0.103 bits per heavy atom. The summed E-state index contributed by atoms with van der Waals surface area (Å²) in [5.74, 6) is 7.02. The molecule has 0 spiro atoms. The zero-order chi connectivity index (χ0) is 59.1. The largest absolute Gasteiger partial charge is 0.0683 e. The molecule has 0 bridgehead atoms. The van der Waals surface area contributed by atoms with Crippen molar-refractivity contribution < 1.29 is 0 Å². The first-order valence-electron chi connectivity index (χ1n) is 38.9. The highest BCUT2D eigenvalue weighted by Crippen LogP contribution is 2.57. The highest BCUT2D eigenvalue weighted by Gasteiger charge is 2.48. The predicted molar refractivity (Wildman–Crippen MR) is 370 cm³/mol. The molecule has 478 valence electrons. The summed E-state index contributed by atoms with van der Waals surface area (Å²) in [5, 5.41) is 0. The van der Waals surface area contributed by atoms with Crippen LogP contribution in [0.1, 0.15) is 470 Å². The monoisotopic (exact) mass is 1100 g/mol. The maximum atomic E-state index is 2.00. The molecule has 11 saturated carbocycles. The van der Waals surface area contributed by atoms with Crippen molar-refractivity contribution in [2.45, 2.75) is 470 Å². The minimum absolute atomic E-state index is 1.16. The van der Waals surface area contributed by atoms with Gasteiger partial charge in [0.2, 0.25) is 0 Å². The molecule has 0 nitrogen and oxygen atoms in total. The van der Waals surface area contributed by atoms with Gasteiger partial charge in [-0.2, -0.15) is 0 Å². The smallest absolute Gasteiger partial charge is 0.0352 e. The van der Waals surface area contributed by atoms with Crippen LogP contribution in [0, 0.1) is 35.5 Å². The minimum Gasteiger partial charge on any atom is -0.0683 e. The number of hydrogen-bond donors (Lipinski definition) is 0. The van der Waals surface area contributed by atoms with Crippen LogP contribution in [-0.2, 0) is 0 Å². The van der Waals surface area contributed by atoms with Gasteiger partial charge in [-0.3, -0.25) is 0 Å². The van der Waals surface area contributed by atoms with Crippen LogP contribution in [0.3, 0.4) is 0 Å². The van der Waals surface area contributed by atoms with Gasteiger partial charge in [-0.15, -0.1) is 0 Å². The van der Waals surface area contributed by atoms with E-state index in [9.17, 15) is 0 Å². The Labute approximate surface area is 503 Å². The lowest BCUT2D eigenvalue weighted by molar-refractivity contribution is -0.0184.